The van der Waals surface area contributed by atoms with Gasteiger partial charge in [0.05, 0.1) is 17.8 Å². The molecule has 10 heteroatoms. The Hall–Kier alpha value is -3.06. The van der Waals surface area contributed by atoms with E-state index in [1.807, 2.05) is 0 Å². The van der Waals surface area contributed by atoms with E-state index in [9.17, 15) is 9.18 Å². The van der Waals surface area contributed by atoms with Gasteiger partial charge in [0.1, 0.15) is 17.6 Å². The lowest BCUT2D eigenvalue weighted by Crippen LogP contribution is -2.39. The number of hydrogen-bond donors (Lipinski definition) is 2. The number of nitriles is 1. The van der Waals surface area contributed by atoms with Crippen LogP contribution in [0.4, 0.5) is 23.7 Å². The summed E-state index contributed by atoms with van der Waals surface area (Å²) in [5, 5.41) is 19.1. The number of hydrogen-bond acceptors (Lipinski definition) is 4. The Morgan fingerprint density at radius 2 is 2.23 bits per heavy atom. The molecular weight excluding hydrogens is 409 g/mol. The van der Waals surface area contributed by atoms with Crippen molar-refractivity contribution < 1.29 is 18.0 Å². The zero-order valence-electron chi connectivity index (χ0n) is 17.1. The van der Waals surface area contributed by atoms with Crippen molar-refractivity contribution in [2.24, 2.45) is 5.92 Å². The molecule has 1 atom stereocenters. The second-order valence-electron chi connectivity index (χ2n) is 8.03. The van der Waals surface area contributed by atoms with Gasteiger partial charge in [-0.15, -0.1) is 0 Å². The van der Waals surface area contributed by atoms with Gasteiger partial charge in [0.25, 0.3) is 5.92 Å². The summed E-state index contributed by atoms with van der Waals surface area (Å²) in [6.45, 7) is 1.40. The quantitative estimate of drug-likeness (QED) is 0.780. The molecule has 2 aliphatic heterocycles. The summed E-state index contributed by atoms with van der Waals surface area (Å²) in [6, 6.07) is 4.92. The van der Waals surface area contributed by atoms with Crippen LogP contribution in [0.25, 0.3) is 0 Å². The topological polar surface area (TPSA) is 86.0 Å². The van der Waals surface area contributed by atoms with Gasteiger partial charge in [-0.25, -0.2) is 9.18 Å². The Balaban J connectivity index is 1.56. The molecule has 0 spiro atoms. The molecule has 7 nitrogen and oxygen atoms in total. The van der Waals surface area contributed by atoms with E-state index in [1.165, 1.54) is 21.7 Å². The third-order valence-corrected chi connectivity index (χ3v) is 5.86. The largest absolute Gasteiger partial charge is 0.322 e. The molecule has 0 aliphatic carbocycles. The van der Waals surface area contributed by atoms with Gasteiger partial charge in [0.2, 0.25) is 0 Å². The molecule has 0 fully saturated rings. The van der Waals surface area contributed by atoms with Crippen molar-refractivity contribution in [1.82, 2.24) is 20.0 Å². The Bertz CT molecular complexity index is 1040. The lowest BCUT2D eigenvalue weighted by Gasteiger charge is -2.28. The number of fused-ring (bicyclic) bond motifs is 3. The van der Waals surface area contributed by atoms with Crippen LogP contribution in [0.3, 0.4) is 0 Å². The summed E-state index contributed by atoms with van der Waals surface area (Å²) >= 11 is 0. The van der Waals surface area contributed by atoms with E-state index >= 15 is 8.78 Å². The summed E-state index contributed by atoms with van der Waals surface area (Å²) in [6.07, 6.45) is 0.514. The highest BCUT2D eigenvalue weighted by atomic mass is 19.3. The van der Waals surface area contributed by atoms with Gasteiger partial charge in [-0.2, -0.15) is 19.1 Å². The second kappa shape index (κ2) is 8.23. The van der Waals surface area contributed by atoms with Crippen LogP contribution in [0.15, 0.2) is 18.2 Å². The molecule has 1 unspecified atom stereocenters. The summed E-state index contributed by atoms with van der Waals surface area (Å²) in [4.78, 5) is 14.2. The van der Waals surface area contributed by atoms with Crippen molar-refractivity contribution in [3.63, 3.8) is 0 Å². The molecule has 1 aromatic heterocycles. The fourth-order valence-electron chi connectivity index (χ4n) is 4.33. The summed E-state index contributed by atoms with van der Waals surface area (Å²) in [5.74, 6) is -3.63. The van der Waals surface area contributed by atoms with Gasteiger partial charge in [-0.3, -0.25) is 4.68 Å². The molecule has 0 saturated carbocycles. The first-order valence-corrected chi connectivity index (χ1v) is 10.2. The Morgan fingerprint density at radius 1 is 1.42 bits per heavy atom. The van der Waals surface area contributed by atoms with Gasteiger partial charge in [0, 0.05) is 37.2 Å². The lowest BCUT2D eigenvalue weighted by molar-refractivity contribution is -0.0217. The number of nitrogens with zero attached hydrogens (tertiary/aromatic N) is 4. The first-order chi connectivity index (χ1) is 14.8. The first-order valence-electron chi connectivity index (χ1n) is 10.2. The van der Waals surface area contributed by atoms with E-state index in [0.29, 0.717) is 43.7 Å². The van der Waals surface area contributed by atoms with Crippen LogP contribution in [0, 0.1) is 23.1 Å². The normalized spacial score (nSPS) is 19.7. The predicted molar refractivity (Wildman–Crippen MR) is 107 cm³/mol. The van der Waals surface area contributed by atoms with Crippen molar-refractivity contribution in [2.45, 2.75) is 38.3 Å². The molecular formula is C21H23F3N6O. The highest BCUT2D eigenvalue weighted by molar-refractivity contribution is 5.89. The number of rotatable bonds is 3. The van der Waals surface area contributed by atoms with Gasteiger partial charge in [0.15, 0.2) is 0 Å². The molecule has 3 heterocycles. The molecule has 4 rings (SSSR count). The third kappa shape index (κ3) is 4.10. The van der Waals surface area contributed by atoms with Crippen molar-refractivity contribution in [2.75, 3.05) is 25.5 Å². The van der Waals surface area contributed by atoms with Crippen LogP contribution in [-0.2, 0) is 25.4 Å². The van der Waals surface area contributed by atoms with Gasteiger partial charge in [-0.05, 0) is 44.1 Å². The molecule has 164 valence electrons. The highest BCUT2D eigenvalue weighted by Gasteiger charge is 2.43. The second-order valence-corrected chi connectivity index (χ2v) is 8.03. The molecule has 1 aromatic carbocycles. The molecule has 0 saturated heterocycles. The van der Waals surface area contributed by atoms with E-state index in [0.717, 1.165) is 6.07 Å². The number of alkyl halides is 2. The number of nitrogens with one attached hydrogen (secondary N) is 2. The highest BCUT2D eigenvalue weighted by Crippen LogP contribution is 2.41. The van der Waals surface area contributed by atoms with Gasteiger partial charge >= 0.3 is 6.03 Å². The fraction of sp³-hybridized carbons (Fsp3) is 0.476. The van der Waals surface area contributed by atoms with Gasteiger partial charge < -0.3 is 15.5 Å². The van der Waals surface area contributed by atoms with Crippen LogP contribution in [0.2, 0.25) is 0 Å². The summed E-state index contributed by atoms with van der Waals surface area (Å²) in [5.41, 5.74) is 1.01. The molecule has 0 bridgehead atoms. The molecule has 2 N–H and O–H groups in total. The number of anilines is 1. The SMILES string of the molecule is CNCC1CCC(F)(F)c2c3c(nn2C1)CCN(C(=O)Nc1ccc(F)c(C#N)c1)C3. The van der Waals surface area contributed by atoms with E-state index < -0.39 is 17.8 Å². The average Bonchev–Trinajstić information content (AvgIpc) is 3.05. The molecule has 2 amide bonds. The van der Waals surface area contributed by atoms with E-state index in [2.05, 4.69) is 15.7 Å². The fourth-order valence-corrected chi connectivity index (χ4v) is 4.33. The van der Waals surface area contributed by atoms with Crippen molar-refractivity contribution in [1.29, 1.82) is 5.26 Å². The Kier molecular flexibility index (Phi) is 5.62. The zero-order valence-corrected chi connectivity index (χ0v) is 17.1. The van der Waals surface area contributed by atoms with Crippen molar-refractivity contribution >= 4 is 11.7 Å². The number of carbonyl (C=O) groups excluding carboxylic acids is 1. The Morgan fingerprint density at radius 3 is 2.97 bits per heavy atom. The minimum Gasteiger partial charge on any atom is -0.320 e. The standard InChI is InChI=1S/C21H23F3N6O/c1-26-10-13-4-6-21(23,24)19-16-12-29(7-5-18(16)28-30(19)11-13)20(31)27-15-2-3-17(22)14(8-15)9-25/h2-3,8,13,26H,4-7,10-12H2,1H3,(H,27,31). The van der Waals surface area contributed by atoms with Crippen molar-refractivity contribution in [3.8, 4) is 6.07 Å². The Labute approximate surface area is 177 Å². The first kappa shape index (κ1) is 21.2. The van der Waals surface area contributed by atoms with E-state index in [4.69, 9.17) is 5.26 Å². The smallest absolute Gasteiger partial charge is 0.320 e. The molecule has 0 radical (unpaired) electrons. The molecule has 2 aromatic rings. The van der Waals surface area contributed by atoms with Crippen LogP contribution in [-0.4, -0.2) is 40.8 Å². The lowest BCUT2D eigenvalue weighted by atomic mass is 9.98. The van der Waals surface area contributed by atoms with Crippen LogP contribution < -0.4 is 10.6 Å². The van der Waals surface area contributed by atoms with Gasteiger partial charge in [-0.1, -0.05) is 0 Å². The van der Waals surface area contributed by atoms with Crippen molar-refractivity contribution in [3.05, 3.63) is 46.5 Å². The molecule has 31 heavy (non-hydrogen) atoms. The number of halogens is 3. The maximum absolute atomic E-state index is 15.0. The number of urea groups is 1. The number of amides is 2. The number of carbonyl (C=O) groups is 1. The maximum atomic E-state index is 15.0. The third-order valence-electron chi connectivity index (χ3n) is 5.86. The zero-order chi connectivity index (χ0) is 22.2. The predicted octanol–water partition coefficient (Wildman–Crippen LogP) is 3.21. The van der Waals surface area contributed by atoms with Crippen LogP contribution in [0.1, 0.15) is 35.4 Å². The average molecular weight is 432 g/mol. The minimum absolute atomic E-state index is 0.0229. The maximum Gasteiger partial charge on any atom is 0.322 e. The van der Waals surface area contributed by atoms with E-state index in [1.54, 1.807) is 13.1 Å². The summed E-state index contributed by atoms with van der Waals surface area (Å²) < 4.78 is 45.0. The summed E-state index contributed by atoms with van der Waals surface area (Å²) in [7, 11) is 1.80. The van der Waals surface area contributed by atoms with Crippen LogP contribution >= 0.6 is 0 Å². The minimum atomic E-state index is -3.01. The van der Waals surface area contributed by atoms with Crippen LogP contribution in [0.5, 0.6) is 0 Å². The number of aromatic nitrogens is 2. The van der Waals surface area contributed by atoms with E-state index in [-0.39, 0.29) is 35.8 Å². The monoisotopic (exact) mass is 432 g/mol. The number of benzene rings is 1. The molecule has 2 aliphatic rings.